The van der Waals surface area contributed by atoms with Crippen molar-refractivity contribution in [2.24, 2.45) is 0 Å². The molecule has 0 aliphatic carbocycles. The molecule has 0 aliphatic heterocycles. The second-order valence-electron chi connectivity index (χ2n) is 12.3. The number of para-hydroxylation sites is 1. The van der Waals surface area contributed by atoms with E-state index in [0.717, 1.165) is 38.4 Å². The first-order chi connectivity index (χ1) is 25.1. The van der Waals surface area contributed by atoms with Crippen LogP contribution in [0.2, 0.25) is 0 Å². The zero-order chi connectivity index (χ0) is 34.1. The highest BCUT2D eigenvalue weighted by Crippen LogP contribution is 2.38. The van der Waals surface area contributed by atoms with Gasteiger partial charge in [0, 0.05) is 27.5 Å². The van der Waals surface area contributed by atoms with Crippen LogP contribution < -0.4 is 0 Å². The average molecular weight is 628 g/mol. The summed E-state index contributed by atoms with van der Waals surface area (Å²) in [7, 11) is 0. The van der Waals surface area contributed by atoms with E-state index >= 15 is 0 Å². The summed E-state index contributed by atoms with van der Waals surface area (Å²) in [6, 6.07) is 51.5. The molecule has 0 atom stereocenters. The van der Waals surface area contributed by atoms with Crippen molar-refractivity contribution in [2.75, 3.05) is 0 Å². The first kappa shape index (κ1) is 25.4. The highest BCUT2D eigenvalue weighted by molar-refractivity contribution is 6.14. The van der Waals surface area contributed by atoms with Crippen molar-refractivity contribution in [1.29, 1.82) is 0 Å². The van der Waals surface area contributed by atoms with E-state index in [-0.39, 0.29) is 6.04 Å². The van der Waals surface area contributed by atoms with Gasteiger partial charge in [-0.2, -0.15) is 0 Å². The topological polar surface area (TPSA) is 51.8 Å². The zero-order valence-corrected chi connectivity index (χ0v) is 26.2. The van der Waals surface area contributed by atoms with Gasteiger partial charge in [0.25, 0.3) is 0 Å². The largest absolute Gasteiger partial charge is 0.456 e. The lowest BCUT2D eigenvalue weighted by molar-refractivity contribution is 0.669. The van der Waals surface area contributed by atoms with Crippen LogP contribution in [0.5, 0.6) is 0 Å². The molecule has 10 rings (SSSR count). The average Bonchev–Trinajstić information content (AvgIpc) is 3.54. The van der Waals surface area contributed by atoms with Crippen molar-refractivity contribution in [3.05, 3.63) is 164 Å². The molecule has 49 heavy (non-hydrogen) atoms. The third-order valence-corrected chi connectivity index (χ3v) is 9.34. The van der Waals surface area contributed by atoms with E-state index in [1.165, 1.54) is 21.5 Å². The molecule has 0 radical (unpaired) electrons. The fourth-order valence-corrected chi connectivity index (χ4v) is 7.02. The molecule has 0 bridgehead atoms. The Kier molecular flexibility index (Phi) is 5.69. The summed E-state index contributed by atoms with van der Waals surface area (Å²) in [5.74, 6) is 1.38. The highest BCUT2D eigenvalue weighted by atomic mass is 16.3. The lowest BCUT2D eigenvalue weighted by atomic mass is 9.92. The van der Waals surface area contributed by atoms with Gasteiger partial charge < -0.3 is 4.42 Å². The van der Waals surface area contributed by atoms with Crippen molar-refractivity contribution in [1.82, 2.24) is 15.0 Å². The molecule has 0 N–H and O–H groups in total. The van der Waals surface area contributed by atoms with Crippen molar-refractivity contribution < 1.29 is 7.16 Å². The maximum Gasteiger partial charge on any atom is 0.164 e. The molecule has 0 unspecified atom stereocenters. The second kappa shape index (κ2) is 11.0. The second-order valence-corrected chi connectivity index (χ2v) is 12.3. The van der Waals surface area contributed by atoms with Crippen LogP contribution in [-0.4, -0.2) is 15.0 Å². The van der Waals surface area contributed by atoms with E-state index < -0.39 is 0 Å². The van der Waals surface area contributed by atoms with Crippen molar-refractivity contribution >= 4 is 54.3 Å². The normalized spacial score (nSPS) is 12.2. The highest BCUT2D eigenvalue weighted by Gasteiger charge is 2.18. The number of rotatable bonds is 4. The zero-order valence-electron chi connectivity index (χ0n) is 28.2. The van der Waals surface area contributed by atoms with E-state index in [2.05, 4.69) is 91.0 Å². The van der Waals surface area contributed by atoms with E-state index in [1.54, 1.807) is 30.3 Å². The van der Waals surface area contributed by atoms with Crippen LogP contribution in [0.3, 0.4) is 0 Å². The van der Waals surface area contributed by atoms with Gasteiger partial charge in [-0.1, -0.05) is 133 Å². The van der Waals surface area contributed by atoms with Crippen molar-refractivity contribution in [3.8, 4) is 45.3 Å². The number of aromatic nitrogens is 3. The lowest BCUT2D eigenvalue weighted by Crippen LogP contribution is -2.00. The Labute approximate surface area is 284 Å². The minimum absolute atomic E-state index is 0.263. The van der Waals surface area contributed by atoms with Crippen LogP contribution in [0.15, 0.2) is 168 Å². The predicted molar refractivity (Wildman–Crippen MR) is 201 cm³/mol. The molecular weight excluding hydrogens is 599 g/mol. The molecule has 228 valence electrons. The van der Waals surface area contributed by atoms with E-state index in [0.29, 0.717) is 45.6 Å². The van der Waals surface area contributed by atoms with Gasteiger partial charge >= 0.3 is 0 Å². The van der Waals surface area contributed by atoms with Gasteiger partial charge in [0.15, 0.2) is 17.5 Å². The monoisotopic (exact) mass is 627 g/mol. The molecule has 0 saturated carbocycles. The fraction of sp³-hybridized carbons (Fsp3) is 0. The molecule has 0 amide bonds. The Morgan fingerprint density at radius 2 is 1.10 bits per heavy atom. The van der Waals surface area contributed by atoms with Gasteiger partial charge in [0.1, 0.15) is 11.2 Å². The molecule has 0 spiro atoms. The third kappa shape index (κ3) is 4.57. The van der Waals surface area contributed by atoms with Crippen LogP contribution in [0.1, 0.15) is 2.74 Å². The number of fused-ring (bicyclic) bond motifs is 7. The smallest absolute Gasteiger partial charge is 0.164 e. The summed E-state index contributed by atoms with van der Waals surface area (Å²) in [4.78, 5) is 15.2. The van der Waals surface area contributed by atoms with Crippen LogP contribution in [0.25, 0.3) is 99.5 Å². The minimum Gasteiger partial charge on any atom is -0.456 e. The molecule has 4 nitrogen and oxygen atoms in total. The first-order valence-electron chi connectivity index (χ1n) is 17.3. The predicted octanol–water partition coefficient (Wildman–Crippen LogP) is 11.9. The molecule has 2 heterocycles. The molecule has 4 heteroatoms. The van der Waals surface area contributed by atoms with Gasteiger partial charge in [-0.25, -0.2) is 15.0 Å². The van der Waals surface area contributed by atoms with Crippen LogP contribution in [-0.2, 0) is 0 Å². The Hall–Kier alpha value is -6.65. The Balaban J connectivity index is 1.22. The quantitative estimate of drug-likeness (QED) is 0.182. The summed E-state index contributed by atoms with van der Waals surface area (Å²) in [6.07, 6.45) is 0. The van der Waals surface area contributed by atoms with E-state index in [4.69, 9.17) is 22.1 Å². The van der Waals surface area contributed by atoms with Gasteiger partial charge in [-0.15, -0.1) is 0 Å². The summed E-state index contributed by atoms with van der Waals surface area (Å²) in [5.41, 5.74) is 5.66. The van der Waals surface area contributed by atoms with Crippen molar-refractivity contribution in [3.63, 3.8) is 0 Å². The Morgan fingerprint density at radius 3 is 1.98 bits per heavy atom. The van der Waals surface area contributed by atoms with Crippen LogP contribution >= 0.6 is 0 Å². The lowest BCUT2D eigenvalue weighted by Gasteiger charge is -2.13. The maximum absolute atomic E-state index is 9.12. The Morgan fingerprint density at radius 1 is 0.408 bits per heavy atom. The summed E-state index contributed by atoms with van der Waals surface area (Å²) in [6.45, 7) is 0. The first-order valence-corrected chi connectivity index (χ1v) is 16.3. The number of furan rings is 1. The summed E-state index contributed by atoms with van der Waals surface area (Å²) in [5, 5.41) is 8.45. The third-order valence-electron chi connectivity index (χ3n) is 9.34. The van der Waals surface area contributed by atoms with Gasteiger partial charge in [0.2, 0.25) is 0 Å². The minimum atomic E-state index is 0.263. The molecule has 0 fully saturated rings. The summed E-state index contributed by atoms with van der Waals surface area (Å²) >= 11 is 0. The standard InChI is InChI=1S/C45H27N3O/c1-2-12-29-25-33(24-23-28(29)11-1)44-46-43(47-45(48-44)38-20-10-22-41-42(38)37-19-7-8-21-40(37)49-41)32-15-9-14-30(26-32)39-27-31-13-3-4-16-34(31)35-17-5-6-18-36(35)39/h1-27H/i7D,20D. The molecule has 0 saturated heterocycles. The van der Waals surface area contributed by atoms with Crippen molar-refractivity contribution in [2.45, 2.75) is 0 Å². The molecule has 2 aromatic heterocycles. The molecular formula is C45H27N3O. The number of benzene rings is 8. The van der Waals surface area contributed by atoms with Gasteiger partial charge in [-0.3, -0.25) is 0 Å². The molecule has 8 aromatic carbocycles. The maximum atomic E-state index is 9.12. The van der Waals surface area contributed by atoms with E-state index in [9.17, 15) is 0 Å². The number of hydrogen-bond donors (Lipinski definition) is 0. The fourth-order valence-electron chi connectivity index (χ4n) is 7.02. The molecule has 0 aliphatic rings. The summed E-state index contributed by atoms with van der Waals surface area (Å²) < 4.78 is 23.6. The Bertz CT molecular complexity index is 3020. The van der Waals surface area contributed by atoms with Gasteiger partial charge in [-0.05, 0) is 73.8 Å². The molecule has 10 aromatic rings. The van der Waals surface area contributed by atoms with E-state index in [1.807, 2.05) is 30.3 Å². The SMILES string of the molecule is [2H]c1ccc2oc3ccc([2H])c(-c4nc(-c5cccc(-c6cc7ccccc7c7ccccc67)c5)nc(-c5ccc6ccccc6c5)n4)c3c2c1. The van der Waals surface area contributed by atoms with Crippen LogP contribution in [0, 0.1) is 0 Å². The van der Waals surface area contributed by atoms with Crippen LogP contribution in [0.4, 0.5) is 0 Å². The van der Waals surface area contributed by atoms with Gasteiger partial charge in [0.05, 0.1) is 2.74 Å². The number of nitrogens with zero attached hydrogens (tertiary/aromatic N) is 3. The number of hydrogen-bond acceptors (Lipinski definition) is 4.